The van der Waals surface area contributed by atoms with E-state index in [1.54, 1.807) is 30.3 Å². The number of halogens is 4. The van der Waals surface area contributed by atoms with Gasteiger partial charge in [-0.25, -0.2) is 4.79 Å². The number of carboxylic acids is 1. The van der Waals surface area contributed by atoms with Crippen LogP contribution in [0.5, 0.6) is 11.5 Å². The minimum atomic E-state index is -1.06. The van der Waals surface area contributed by atoms with Gasteiger partial charge in [0.05, 0.1) is 19.0 Å². The molecule has 1 atom stereocenters. The van der Waals surface area contributed by atoms with Crippen molar-refractivity contribution in [2.24, 2.45) is 0 Å². The highest BCUT2D eigenvalue weighted by molar-refractivity contribution is 9.12. The number of aliphatic hydroxyl groups excluding tert-OH is 1. The Morgan fingerprint density at radius 2 is 1.72 bits per heavy atom. The summed E-state index contributed by atoms with van der Waals surface area (Å²) in [4.78, 5) is 11.9. The van der Waals surface area contributed by atoms with E-state index in [1.165, 1.54) is 6.07 Å². The highest BCUT2D eigenvalue weighted by Crippen LogP contribution is 2.53. The summed E-state index contributed by atoms with van der Waals surface area (Å²) in [5.41, 5.74) is 2.50. The Kier molecular flexibility index (Phi) is 5.43. The number of phenolic OH excluding ortho intramolecular Hbond substituents is 1. The van der Waals surface area contributed by atoms with Gasteiger partial charge in [0.15, 0.2) is 6.10 Å². The SMILES string of the molecule is O=C(O)c1ccccc1C1=C2C=C(Br)C(O)=C(Br)[C@@H]2Oc2c1cc(Br)c(O)c2Br. The molecule has 5 nitrogen and oxygen atoms in total. The number of allylic oxidation sites excluding steroid dienone is 1. The average Bonchev–Trinajstić information content (AvgIpc) is 2.69. The number of hydrogen-bond acceptors (Lipinski definition) is 4. The number of aromatic carboxylic acids is 1. The van der Waals surface area contributed by atoms with Crippen LogP contribution < -0.4 is 4.74 Å². The highest BCUT2D eigenvalue weighted by atomic mass is 79.9. The van der Waals surface area contributed by atoms with Gasteiger partial charge in [0.1, 0.15) is 21.7 Å². The van der Waals surface area contributed by atoms with Crippen LogP contribution in [0.1, 0.15) is 21.5 Å². The molecule has 0 aromatic heterocycles. The van der Waals surface area contributed by atoms with Crippen LogP contribution in [0.15, 0.2) is 65.7 Å². The van der Waals surface area contributed by atoms with Crippen molar-refractivity contribution in [2.45, 2.75) is 6.10 Å². The van der Waals surface area contributed by atoms with E-state index in [2.05, 4.69) is 63.7 Å². The van der Waals surface area contributed by atoms with E-state index in [0.717, 1.165) is 0 Å². The molecule has 148 valence electrons. The number of benzene rings is 2. The molecule has 2 aromatic carbocycles. The summed E-state index contributed by atoms with van der Waals surface area (Å²) >= 11 is 13.4. The van der Waals surface area contributed by atoms with Crippen LogP contribution >= 0.6 is 63.7 Å². The molecule has 0 amide bonds. The fourth-order valence-electron chi connectivity index (χ4n) is 3.33. The number of carboxylic acid groups (broad SMARTS) is 1. The molecule has 9 heteroatoms. The average molecular weight is 650 g/mol. The van der Waals surface area contributed by atoms with Gasteiger partial charge in [-0.1, -0.05) is 18.2 Å². The Balaban J connectivity index is 2.15. The quantitative estimate of drug-likeness (QED) is 0.340. The molecule has 0 fully saturated rings. The molecule has 1 heterocycles. The van der Waals surface area contributed by atoms with Crippen LogP contribution in [0.25, 0.3) is 5.57 Å². The minimum absolute atomic E-state index is 0.0227. The van der Waals surface area contributed by atoms with Gasteiger partial charge in [0, 0.05) is 16.7 Å². The third-order valence-electron chi connectivity index (χ3n) is 4.62. The third kappa shape index (κ3) is 3.28. The maximum atomic E-state index is 11.9. The summed E-state index contributed by atoms with van der Waals surface area (Å²) in [7, 11) is 0. The van der Waals surface area contributed by atoms with E-state index in [-0.39, 0.29) is 17.1 Å². The topological polar surface area (TPSA) is 87.0 Å². The fraction of sp³-hybridized carbons (Fsp3) is 0.0500. The Morgan fingerprint density at radius 1 is 1.03 bits per heavy atom. The zero-order valence-corrected chi connectivity index (χ0v) is 20.6. The number of carbonyl (C=O) groups is 1. The van der Waals surface area contributed by atoms with Gasteiger partial charge in [0.25, 0.3) is 0 Å². The summed E-state index contributed by atoms with van der Waals surface area (Å²) in [6, 6.07) is 8.35. The van der Waals surface area contributed by atoms with Gasteiger partial charge in [-0.3, -0.25) is 0 Å². The lowest BCUT2D eigenvalue weighted by Gasteiger charge is -2.34. The lowest BCUT2D eigenvalue weighted by Crippen LogP contribution is -2.28. The van der Waals surface area contributed by atoms with Gasteiger partial charge >= 0.3 is 5.97 Å². The van der Waals surface area contributed by atoms with Crippen LogP contribution in [-0.4, -0.2) is 27.4 Å². The number of ether oxygens (including phenoxy) is 1. The molecule has 0 spiro atoms. The van der Waals surface area contributed by atoms with E-state index in [9.17, 15) is 20.1 Å². The molecule has 0 bridgehead atoms. The second-order valence-corrected chi connectivity index (χ2v) is 9.62. The lowest BCUT2D eigenvalue weighted by atomic mass is 9.84. The minimum Gasteiger partial charge on any atom is -0.506 e. The first-order valence-electron chi connectivity index (χ1n) is 8.13. The molecule has 1 aliphatic carbocycles. The summed E-state index contributed by atoms with van der Waals surface area (Å²) in [6.45, 7) is 0. The van der Waals surface area contributed by atoms with Gasteiger partial charge in [-0.2, -0.15) is 0 Å². The molecule has 2 aliphatic rings. The molecule has 29 heavy (non-hydrogen) atoms. The smallest absolute Gasteiger partial charge is 0.336 e. The first kappa shape index (κ1) is 20.7. The van der Waals surface area contributed by atoms with E-state index in [4.69, 9.17) is 4.74 Å². The predicted molar refractivity (Wildman–Crippen MR) is 123 cm³/mol. The van der Waals surface area contributed by atoms with Gasteiger partial charge < -0.3 is 20.1 Å². The van der Waals surface area contributed by atoms with Gasteiger partial charge in [-0.15, -0.1) is 0 Å². The Hall–Kier alpha value is -1.55. The first-order chi connectivity index (χ1) is 13.7. The number of aliphatic hydroxyl groups is 1. The normalized spacial score (nSPS) is 18.1. The molecule has 0 saturated carbocycles. The van der Waals surface area contributed by atoms with Crippen LogP contribution in [0, 0.1) is 0 Å². The van der Waals surface area contributed by atoms with Crippen LogP contribution in [0.3, 0.4) is 0 Å². The Bertz CT molecular complexity index is 1180. The van der Waals surface area contributed by atoms with Gasteiger partial charge in [-0.05, 0) is 87.5 Å². The Labute approximate surface area is 198 Å². The standard InChI is InChI=1S/C20H10Br4O5/c21-11-5-9-13(7-3-1-2-4-8(7)20(27)28)10-6-12(22)17(26)15(24)19(10)29-18(9)14(23)16(11)25/h1-6,18,25-26H,(H,27,28)/t18-/m1/s1. The fourth-order valence-corrected chi connectivity index (χ4v) is 5.82. The van der Waals surface area contributed by atoms with Gasteiger partial charge in [0.2, 0.25) is 0 Å². The molecule has 0 radical (unpaired) electrons. The predicted octanol–water partition coefficient (Wildman–Crippen LogP) is 6.64. The highest BCUT2D eigenvalue weighted by Gasteiger charge is 2.38. The van der Waals surface area contributed by atoms with Crippen molar-refractivity contribution in [3.63, 3.8) is 0 Å². The zero-order chi connectivity index (χ0) is 21.0. The molecule has 2 aromatic rings. The number of hydrogen-bond donors (Lipinski definition) is 3. The van der Waals surface area contributed by atoms with Crippen molar-refractivity contribution in [1.29, 1.82) is 0 Å². The second kappa shape index (κ2) is 7.61. The van der Waals surface area contributed by atoms with Crippen molar-refractivity contribution < 1.29 is 24.9 Å². The number of fused-ring (bicyclic) bond motifs is 2. The second-order valence-electron chi connectivity index (χ2n) is 6.27. The third-order valence-corrected chi connectivity index (χ3v) is 7.35. The molecule has 3 N–H and O–H groups in total. The summed E-state index contributed by atoms with van der Waals surface area (Å²) in [6.07, 6.45) is 0.980. The summed E-state index contributed by atoms with van der Waals surface area (Å²) in [5.74, 6) is -0.794. The van der Waals surface area contributed by atoms with E-state index >= 15 is 0 Å². The molecular formula is C20H10Br4O5. The number of phenols is 1. The van der Waals surface area contributed by atoms with Crippen molar-refractivity contribution >= 4 is 75.3 Å². The van der Waals surface area contributed by atoms with Crippen LogP contribution in [0.4, 0.5) is 0 Å². The van der Waals surface area contributed by atoms with Crippen molar-refractivity contribution in [2.75, 3.05) is 0 Å². The van der Waals surface area contributed by atoms with E-state index < -0.39 is 12.1 Å². The monoisotopic (exact) mass is 646 g/mol. The molecule has 0 unspecified atom stereocenters. The first-order valence-corrected chi connectivity index (χ1v) is 11.3. The number of rotatable bonds is 2. The lowest BCUT2D eigenvalue weighted by molar-refractivity contribution is 0.0696. The number of aromatic hydroxyl groups is 1. The van der Waals surface area contributed by atoms with Crippen molar-refractivity contribution in [3.8, 4) is 11.5 Å². The van der Waals surface area contributed by atoms with Crippen LogP contribution in [0.2, 0.25) is 0 Å². The van der Waals surface area contributed by atoms with Crippen molar-refractivity contribution in [1.82, 2.24) is 0 Å². The van der Waals surface area contributed by atoms with Crippen molar-refractivity contribution in [3.05, 3.63) is 82.3 Å². The molecule has 1 aliphatic heterocycles. The maximum Gasteiger partial charge on any atom is 0.336 e. The summed E-state index contributed by atoms with van der Waals surface area (Å²) < 4.78 is 7.68. The van der Waals surface area contributed by atoms with E-state index in [1.807, 2.05) is 0 Å². The zero-order valence-electron chi connectivity index (χ0n) is 14.2. The largest absolute Gasteiger partial charge is 0.506 e. The molecular weight excluding hydrogens is 640 g/mol. The molecule has 0 saturated heterocycles. The molecule has 4 rings (SSSR count). The van der Waals surface area contributed by atoms with E-state index in [0.29, 0.717) is 45.9 Å². The Morgan fingerprint density at radius 3 is 2.41 bits per heavy atom. The maximum absolute atomic E-state index is 11.9. The summed E-state index contributed by atoms with van der Waals surface area (Å²) in [5, 5.41) is 30.4. The van der Waals surface area contributed by atoms with Crippen LogP contribution in [-0.2, 0) is 0 Å².